The third-order valence-electron chi connectivity index (χ3n) is 3.74. The number of nitrogen functional groups attached to an aromatic ring is 1. The fourth-order valence-corrected chi connectivity index (χ4v) is 2.56. The summed E-state index contributed by atoms with van der Waals surface area (Å²) in [5.41, 5.74) is 8.37. The van der Waals surface area contributed by atoms with Gasteiger partial charge in [0.1, 0.15) is 0 Å². The Morgan fingerprint density at radius 1 is 1.04 bits per heavy atom. The van der Waals surface area contributed by atoms with E-state index in [0.29, 0.717) is 30.0 Å². The maximum Gasteiger partial charge on any atom is 0.224 e. The molecule has 0 spiro atoms. The van der Waals surface area contributed by atoms with E-state index in [-0.39, 0.29) is 11.9 Å². The molecule has 5 nitrogen and oxygen atoms in total. The fourth-order valence-electron chi connectivity index (χ4n) is 2.56. The molecule has 0 bridgehead atoms. The van der Waals surface area contributed by atoms with Gasteiger partial charge in [-0.05, 0) is 48.7 Å². The molecule has 1 atom stereocenters. The fraction of sp³-hybridized carbons (Fsp3) is 0.316. The second-order valence-electron chi connectivity index (χ2n) is 5.78. The third kappa shape index (κ3) is 4.91. The predicted octanol–water partition coefficient (Wildman–Crippen LogP) is 2.58. The molecule has 3 N–H and O–H groups in total. The summed E-state index contributed by atoms with van der Waals surface area (Å²) in [6.45, 7) is 1.98. The van der Waals surface area contributed by atoms with Crippen LogP contribution in [0.25, 0.3) is 0 Å². The summed E-state index contributed by atoms with van der Waals surface area (Å²) in [4.78, 5) is 12.1. The highest BCUT2D eigenvalue weighted by atomic mass is 16.5. The largest absolute Gasteiger partial charge is 0.493 e. The summed E-state index contributed by atoms with van der Waals surface area (Å²) in [6.07, 6.45) is 1.06. The smallest absolute Gasteiger partial charge is 0.224 e. The van der Waals surface area contributed by atoms with Gasteiger partial charge in [0, 0.05) is 11.7 Å². The Morgan fingerprint density at radius 3 is 2.29 bits per heavy atom. The lowest BCUT2D eigenvalue weighted by Gasteiger charge is -2.15. The number of hydrogen-bond donors (Lipinski definition) is 2. The summed E-state index contributed by atoms with van der Waals surface area (Å²) in [7, 11) is 3.22. The monoisotopic (exact) mass is 328 g/mol. The molecule has 2 rings (SSSR count). The molecule has 1 amide bonds. The Balaban J connectivity index is 1.91. The molecule has 5 heteroatoms. The van der Waals surface area contributed by atoms with Gasteiger partial charge in [-0.2, -0.15) is 0 Å². The molecule has 2 aromatic rings. The number of benzene rings is 2. The normalized spacial score (nSPS) is 11.6. The lowest BCUT2D eigenvalue weighted by atomic mass is 10.1. The van der Waals surface area contributed by atoms with Crippen LogP contribution in [0.3, 0.4) is 0 Å². The molecule has 0 radical (unpaired) electrons. The third-order valence-corrected chi connectivity index (χ3v) is 3.74. The SMILES string of the molecule is COc1ccc(CC(C)NC(=O)Cc2ccc(N)cc2)cc1OC. The maximum atomic E-state index is 12.1. The molecular formula is C19H24N2O3. The Labute approximate surface area is 142 Å². The summed E-state index contributed by atoms with van der Waals surface area (Å²) >= 11 is 0. The van der Waals surface area contributed by atoms with Gasteiger partial charge >= 0.3 is 0 Å². The van der Waals surface area contributed by atoms with E-state index in [4.69, 9.17) is 15.2 Å². The molecule has 2 aromatic carbocycles. The molecule has 128 valence electrons. The van der Waals surface area contributed by atoms with Crippen molar-refractivity contribution in [2.45, 2.75) is 25.8 Å². The molecule has 0 saturated heterocycles. The summed E-state index contributed by atoms with van der Waals surface area (Å²) < 4.78 is 10.5. The first-order chi connectivity index (χ1) is 11.5. The first kappa shape index (κ1) is 17.7. The minimum atomic E-state index is -0.00671. The lowest BCUT2D eigenvalue weighted by molar-refractivity contribution is -0.121. The van der Waals surface area contributed by atoms with Gasteiger partial charge in [-0.15, -0.1) is 0 Å². The van der Waals surface area contributed by atoms with Crippen LogP contribution < -0.4 is 20.5 Å². The van der Waals surface area contributed by atoms with Crippen LogP contribution in [-0.4, -0.2) is 26.2 Å². The van der Waals surface area contributed by atoms with Crippen molar-refractivity contribution >= 4 is 11.6 Å². The maximum absolute atomic E-state index is 12.1. The lowest BCUT2D eigenvalue weighted by Crippen LogP contribution is -2.35. The second-order valence-corrected chi connectivity index (χ2v) is 5.78. The van der Waals surface area contributed by atoms with E-state index in [0.717, 1.165) is 11.1 Å². The van der Waals surface area contributed by atoms with Crippen molar-refractivity contribution in [2.75, 3.05) is 20.0 Å². The van der Waals surface area contributed by atoms with Crippen molar-refractivity contribution < 1.29 is 14.3 Å². The van der Waals surface area contributed by atoms with E-state index in [1.54, 1.807) is 26.4 Å². The Bertz CT molecular complexity index is 684. The number of nitrogens with two attached hydrogens (primary N) is 1. The number of rotatable bonds is 7. The first-order valence-corrected chi connectivity index (χ1v) is 7.86. The minimum absolute atomic E-state index is 0.00671. The van der Waals surface area contributed by atoms with Gasteiger partial charge in [0.05, 0.1) is 20.6 Å². The quantitative estimate of drug-likeness (QED) is 0.766. The van der Waals surface area contributed by atoms with Crippen LogP contribution in [0.5, 0.6) is 11.5 Å². The Hall–Kier alpha value is -2.69. The number of amides is 1. The van der Waals surface area contributed by atoms with Crippen LogP contribution in [0.2, 0.25) is 0 Å². The highest BCUT2D eigenvalue weighted by molar-refractivity contribution is 5.79. The summed E-state index contributed by atoms with van der Waals surface area (Å²) in [5.74, 6) is 1.38. The van der Waals surface area contributed by atoms with E-state index in [2.05, 4.69) is 5.32 Å². The van der Waals surface area contributed by atoms with E-state index in [1.165, 1.54) is 0 Å². The van der Waals surface area contributed by atoms with Gasteiger partial charge in [-0.1, -0.05) is 18.2 Å². The number of methoxy groups -OCH3 is 2. The van der Waals surface area contributed by atoms with Crippen LogP contribution in [0.4, 0.5) is 5.69 Å². The van der Waals surface area contributed by atoms with E-state index >= 15 is 0 Å². The summed E-state index contributed by atoms with van der Waals surface area (Å²) in [5, 5.41) is 3.02. The average Bonchev–Trinajstić information content (AvgIpc) is 2.56. The molecule has 0 aliphatic rings. The minimum Gasteiger partial charge on any atom is -0.493 e. The average molecular weight is 328 g/mol. The summed E-state index contributed by atoms with van der Waals surface area (Å²) in [6, 6.07) is 13.1. The molecule has 24 heavy (non-hydrogen) atoms. The topological polar surface area (TPSA) is 73.6 Å². The standard InChI is InChI=1S/C19H24N2O3/c1-13(10-15-6-9-17(23-2)18(11-15)24-3)21-19(22)12-14-4-7-16(20)8-5-14/h4-9,11,13H,10,12,20H2,1-3H3,(H,21,22). The second kappa shape index (κ2) is 8.24. The van der Waals surface area contributed by atoms with E-state index in [9.17, 15) is 4.79 Å². The Morgan fingerprint density at radius 2 is 1.67 bits per heavy atom. The van der Waals surface area contributed by atoms with Crippen molar-refractivity contribution in [3.63, 3.8) is 0 Å². The molecule has 0 heterocycles. The molecule has 0 aromatic heterocycles. The van der Waals surface area contributed by atoms with Gasteiger partial charge in [-0.25, -0.2) is 0 Å². The van der Waals surface area contributed by atoms with Crippen molar-refractivity contribution in [2.24, 2.45) is 0 Å². The highest BCUT2D eigenvalue weighted by Crippen LogP contribution is 2.27. The van der Waals surface area contributed by atoms with Crippen molar-refractivity contribution in [3.05, 3.63) is 53.6 Å². The van der Waals surface area contributed by atoms with Crippen molar-refractivity contribution in [1.82, 2.24) is 5.32 Å². The van der Waals surface area contributed by atoms with Crippen molar-refractivity contribution in [3.8, 4) is 11.5 Å². The molecule has 0 saturated carbocycles. The first-order valence-electron chi connectivity index (χ1n) is 7.86. The molecule has 1 unspecified atom stereocenters. The molecular weight excluding hydrogens is 304 g/mol. The number of ether oxygens (including phenoxy) is 2. The zero-order valence-corrected chi connectivity index (χ0v) is 14.3. The number of carbonyl (C=O) groups excluding carboxylic acids is 1. The zero-order chi connectivity index (χ0) is 17.5. The zero-order valence-electron chi connectivity index (χ0n) is 14.3. The number of carbonyl (C=O) groups is 1. The van der Waals surface area contributed by atoms with Crippen molar-refractivity contribution in [1.29, 1.82) is 0 Å². The number of hydrogen-bond acceptors (Lipinski definition) is 4. The van der Waals surface area contributed by atoms with E-state index < -0.39 is 0 Å². The van der Waals surface area contributed by atoms with Gasteiger partial charge in [0.15, 0.2) is 11.5 Å². The van der Waals surface area contributed by atoms with Crippen LogP contribution in [0, 0.1) is 0 Å². The van der Waals surface area contributed by atoms with Crippen LogP contribution >= 0.6 is 0 Å². The van der Waals surface area contributed by atoms with Crippen LogP contribution in [-0.2, 0) is 17.6 Å². The van der Waals surface area contributed by atoms with Gasteiger partial charge in [-0.3, -0.25) is 4.79 Å². The molecule has 0 aliphatic carbocycles. The van der Waals surface area contributed by atoms with Gasteiger partial charge < -0.3 is 20.5 Å². The van der Waals surface area contributed by atoms with Crippen LogP contribution in [0.1, 0.15) is 18.1 Å². The highest BCUT2D eigenvalue weighted by Gasteiger charge is 2.11. The predicted molar refractivity (Wildman–Crippen MR) is 95.4 cm³/mol. The van der Waals surface area contributed by atoms with Gasteiger partial charge in [0.2, 0.25) is 5.91 Å². The van der Waals surface area contributed by atoms with Gasteiger partial charge in [0.25, 0.3) is 0 Å². The van der Waals surface area contributed by atoms with Crippen LogP contribution in [0.15, 0.2) is 42.5 Å². The number of anilines is 1. The van der Waals surface area contributed by atoms with E-state index in [1.807, 2.05) is 37.3 Å². The molecule has 0 fully saturated rings. The number of nitrogens with one attached hydrogen (secondary N) is 1. The molecule has 0 aliphatic heterocycles. The Kier molecular flexibility index (Phi) is 6.07.